The van der Waals surface area contributed by atoms with Crippen LogP contribution in [0, 0.1) is 15.9 Å². The predicted octanol–water partition coefficient (Wildman–Crippen LogP) is 3.81. The standard InChI is InChI=1S/C12H6F4N2O2/c13-9-5-10(18(19)20)11(17-6-9)7-1-3-8(4-2-7)12(14,15)16/h1-6H. The van der Waals surface area contributed by atoms with Gasteiger partial charge in [-0.15, -0.1) is 0 Å². The van der Waals surface area contributed by atoms with Gasteiger partial charge in [-0.1, -0.05) is 12.1 Å². The van der Waals surface area contributed by atoms with Gasteiger partial charge in [0.1, 0.15) is 11.5 Å². The Kier molecular flexibility index (Phi) is 3.39. The van der Waals surface area contributed by atoms with Gasteiger partial charge in [0.05, 0.1) is 22.7 Å². The lowest BCUT2D eigenvalue weighted by Crippen LogP contribution is -2.04. The first-order valence-electron chi connectivity index (χ1n) is 5.26. The highest BCUT2D eigenvalue weighted by molar-refractivity contribution is 5.69. The lowest BCUT2D eigenvalue weighted by atomic mass is 10.1. The van der Waals surface area contributed by atoms with E-state index in [0.29, 0.717) is 6.07 Å². The number of benzene rings is 1. The third kappa shape index (κ3) is 2.73. The lowest BCUT2D eigenvalue weighted by molar-refractivity contribution is -0.384. The molecular weight excluding hydrogens is 280 g/mol. The summed E-state index contributed by atoms with van der Waals surface area (Å²) in [5, 5.41) is 10.8. The Balaban J connectivity index is 2.50. The molecule has 0 saturated carbocycles. The number of nitro groups is 1. The number of rotatable bonds is 2. The third-order valence-corrected chi connectivity index (χ3v) is 2.52. The number of pyridine rings is 1. The summed E-state index contributed by atoms with van der Waals surface area (Å²) >= 11 is 0. The first kappa shape index (κ1) is 13.9. The number of aromatic nitrogens is 1. The van der Waals surface area contributed by atoms with Gasteiger partial charge in [-0.05, 0) is 12.1 Å². The van der Waals surface area contributed by atoms with Crippen LogP contribution in [-0.2, 0) is 6.18 Å². The summed E-state index contributed by atoms with van der Waals surface area (Å²) < 4.78 is 50.2. The summed E-state index contributed by atoms with van der Waals surface area (Å²) in [5.41, 5.74) is -1.58. The van der Waals surface area contributed by atoms with E-state index in [2.05, 4.69) is 4.98 Å². The fourth-order valence-corrected chi connectivity index (χ4v) is 1.61. The molecule has 8 heteroatoms. The molecule has 20 heavy (non-hydrogen) atoms. The molecule has 0 aliphatic carbocycles. The zero-order valence-corrected chi connectivity index (χ0v) is 9.69. The highest BCUT2D eigenvalue weighted by atomic mass is 19.4. The van der Waals surface area contributed by atoms with Gasteiger partial charge in [0, 0.05) is 5.56 Å². The van der Waals surface area contributed by atoms with Gasteiger partial charge >= 0.3 is 6.18 Å². The van der Waals surface area contributed by atoms with Crippen molar-refractivity contribution < 1.29 is 22.5 Å². The molecule has 0 spiro atoms. The number of halogens is 4. The lowest BCUT2D eigenvalue weighted by Gasteiger charge is -2.07. The Morgan fingerprint density at radius 1 is 1.15 bits per heavy atom. The summed E-state index contributed by atoms with van der Waals surface area (Å²) in [7, 11) is 0. The summed E-state index contributed by atoms with van der Waals surface area (Å²) in [5.74, 6) is -0.896. The van der Waals surface area contributed by atoms with Crippen LogP contribution in [0.25, 0.3) is 11.3 Å². The van der Waals surface area contributed by atoms with Crippen molar-refractivity contribution in [3.63, 3.8) is 0 Å². The molecule has 0 bridgehead atoms. The predicted molar refractivity (Wildman–Crippen MR) is 61.3 cm³/mol. The van der Waals surface area contributed by atoms with Crippen LogP contribution in [0.3, 0.4) is 0 Å². The van der Waals surface area contributed by atoms with Crippen LogP contribution in [0.15, 0.2) is 36.5 Å². The number of nitrogens with zero attached hydrogens (tertiary/aromatic N) is 2. The quantitative estimate of drug-likeness (QED) is 0.479. The van der Waals surface area contributed by atoms with E-state index >= 15 is 0 Å². The largest absolute Gasteiger partial charge is 0.416 e. The molecule has 1 aromatic heterocycles. The van der Waals surface area contributed by atoms with Crippen LogP contribution < -0.4 is 0 Å². The maximum absolute atomic E-state index is 12.9. The second kappa shape index (κ2) is 4.87. The summed E-state index contributed by atoms with van der Waals surface area (Å²) in [6, 6.07) is 4.33. The van der Waals surface area contributed by atoms with E-state index < -0.39 is 28.2 Å². The fourth-order valence-electron chi connectivity index (χ4n) is 1.61. The van der Waals surface area contributed by atoms with E-state index in [1.165, 1.54) is 0 Å². The van der Waals surface area contributed by atoms with Crippen molar-refractivity contribution in [3.05, 3.63) is 58.0 Å². The molecule has 0 fully saturated rings. The first-order valence-corrected chi connectivity index (χ1v) is 5.26. The van der Waals surface area contributed by atoms with Crippen LogP contribution in [0.1, 0.15) is 5.56 Å². The zero-order valence-electron chi connectivity index (χ0n) is 9.69. The maximum atomic E-state index is 12.9. The number of hydrogen-bond donors (Lipinski definition) is 0. The topological polar surface area (TPSA) is 56.0 Å². The van der Waals surface area contributed by atoms with Gasteiger partial charge in [-0.3, -0.25) is 10.1 Å². The van der Waals surface area contributed by atoms with E-state index in [9.17, 15) is 27.7 Å². The Morgan fingerprint density at radius 2 is 1.75 bits per heavy atom. The van der Waals surface area contributed by atoms with Crippen LogP contribution in [0.2, 0.25) is 0 Å². The van der Waals surface area contributed by atoms with Crippen molar-refractivity contribution in [2.75, 3.05) is 0 Å². The molecule has 0 unspecified atom stereocenters. The highest BCUT2D eigenvalue weighted by Gasteiger charge is 2.30. The Hall–Kier alpha value is -2.51. The average molecular weight is 286 g/mol. The van der Waals surface area contributed by atoms with E-state index in [0.717, 1.165) is 30.5 Å². The smallest absolute Gasteiger partial charge is 0.258 e. The highest BCUT2D eigenvalue weighted by Crippen LogP contribution is 2.33. The monoisotopic (exact) mass is 286 g/mol. The van der Waals surface area contributed by atoms with Crippen molar-refractivity contribution in [1.82, 2.24) is 4.98 Å². The SMILES string of the molecule is O=[N+]([O-])c1cc(F)cnc1-c1ccc(C(F)(F)F)cc1. The van der Waals surface area contributed by atoms with Crippen molar-refractivity contribution in [2.24, 2.45) is 0 Å². The van der Waals surface area contributed by atoms with Gasteiger partial charge in [0.15, 0.2) is 0 Å². The molecule has 0 N–H and O–H groups in total. The minimum atomic E-state index is -4.50. The third-order valence-electron chi connectivity index (χ3n) is 2.52. The Morgan fingerprint density at radius 3 is 2.25 bits per heavy atom. The molecule has 0 saturated heterocycles. The molecule has 0 amide bonds. The van der Waals surface area contributed by atoms with Crippen LogP contribution >= 0.6 is 0 Å². The number of hydrogen-bond acceptors (Lipinski definition) is 3. The molecule has 0 aliphatic heterocycles. The minimum Gasteiger partial charge on any atom is -0.258 e. The molecule has 4 nitrogen and oxygen atoms in total. The van der Waals surface area contributed by atoms with Gasteiger partial charge in [0.2, 0.25) is 0 Å². The second-order valence-corrected chi connectivity index (χ2v) is 3.85. The Labute approximate surface area is 109 Å². The van der Waals surface area contributed by atoms with Gasteiger partial charge in [-0.25, -0.2) is 9.37 Å². The molecular formula is C12H6F4N2O2. The van der Waals surface area contributed by atoms with Crippen LogP contribution in [0.5, 0.6) is 0 Å². The molecule has 2 aromatic rings. The van der Waals surface area contributed by atoms with Crippen LogP contribution in [0.4, 0.5) is 23.2 Å². The van der Waals surface area contributed by atoms with E-state index in [1.54, 1.807) is 0 Å². The van der Waals surface area contributed by atoms with Gasteiger partial charge < -0.3 is 0 Å². The zero-order chi connectivity index (χ0) is 14.9. The molecule has 1 aromatic carbocycles. The molecule has 1 heterocycles. The molecule has 0 atom stereocenters. The molecule has 2 rings (SSSR count). The molecule has 104 valence electrons. The average Bonchev–Trinajstić information content (AvgIpc) is 2.37. The van der Waals surface area contributed by atoms with Crippen molar-refractivity contribution >= 4 is 5.69 Å². The van der Waals surface area contributed by atoms with E-state index in [1.807, 2.05) is 0 Å². The summed E-state index contributed by atoms with van der Waals surface area (Å²) in [4.78, 5) is 13.5. The van der Waals surface area contributed by atoms with Crippen molar-refractivity contribution in [3.8, 4) is 11.3 Å². The Bertz CT molecular complexity index is 653. The minimum absolute atomic E-state index is 0.102. The fraction of sp³-hybridized carbons (Fsp3) is 0.0833. The van der Waals surface area contributed by atoms with Gasteiger partial charge in [-0.2, -0.15) is 13.2 Å². The normalized spacial score (nSPS) is 11.4. The van der Waals surface area contributed by atoms with Crippen molar-refractivity contribution in [2.45, 2.75) is 6.18 Å². The second-order valence-electron chi connectivity index (χ2n) is 3.85. The summed E-state index contributed by atoms with van der Waals surface area (Å²) in [6.45, 7) is 0. The van der Waals surface area contributed by atoms with E-state index in [-0.39, 0.29) is 11.3 Å². The first-order chi connectivity index (χ1) is 9.29. The van der Waals surface area contributed by atoms with Crippen molar-refractivity contribution in [1.29, 1.82) is 0 Å². The molecule has 0 radical (unpaired) electrons. The van der Waals surface area contributed by atoms with Crippen LogP contribution in [-0.4, -0.2) is 9.91 Å². The molecule has 0 aliphatic rings. The summed E-state index contributed by atoms with van der Waals surface area (Å²) in [6.07, 6.45) is -3.74. The van der Waals surface area contributed by atoms with E-state index in [4.69, 9.17) is 0 Å². The maximum Gasteiger partial charge on any atom is 0.416 e. The number of alkyl halides is 3. The van der Waals surface area contributed by atoms with Gasteiger partial charge in [0.25, 0.3) is 5.69 Å².